The van der Waals surface area contributed by atoms with E-state index in [1.54, 1.807) is 0 Å². The second kappa shape index (κ2) is 15.2. The predicted molar refractivity (Wildman–Crippen MR) is 163 cm³/mol. The molecule has 2 atom stereocenters. The Morgan fingerprint density at radius 2 is 1.33 bits per heavy atom. The first-order valence-corrected chi connectivity index (χ1v) is 17.0. The van der Waals surface area contributed by atoms with Gasteiger partial charge in [0.05, 0.1) is 6.04 Å². The molecule has 2 aliphatic heterocycles. The van der Waals surface area contributed by atoms with Crippen LogP contribution in [0.2, 0.25) is 0 Å². The van der Waals surface area contributed by atoms with Gasteiger partial charge in [0, 0.05) is 56.9 Å². The van der Waals surface area contributed by atoms with Gasteiger partial charge in [0.2, 0.25) is 0 Å². The monoisotopic (exact) mass is 548 g/mol. The predicted octanol–water partition coefficient (Wildman–Crippen LogP) is 4.04. The molecule has 0 aromatic heterocycles. The summed E-state index contributed by atoms with van der Waals surface area (Å²) >= 11 is 0. The average molecular weight is 548 g/mol. The van der Waals surface area contributed by atoms with E-state index >= 15 is 0 Å². The SMILES string of the molecule is CCCCN(NCC1(N)CCCCC1)C1(N2CCCCC2)[N]CCCC1N(CCC)NCC1(N)CCCCC1. The van der Waals surface area contributed by atoms with Crippen LogP contribution in [0.25, 0.3) is 0 Å². The lowest BCUT2D eigenvalue weighted by Gasteiger charge is -2.59. The van der Waals surface area contributed by atoms with Gasteiger partial charge in [0.15, 0.2) is 5.79 Å². The van der Waals surface area contributed by atoms with Crippen LogP contribution in [-0.2, 0) is 0 Å². The molecular formula is C31H63N8. The lowest BCUT2D eigenvalue weighted by Crippen LogP contribution is -2.81. The standard InChI is InChI=1S/C31H63N8/c1-3-5-25-39(36-27-30(33)19-11-7-12-20-30)31(37-23-13-8-14-24-37)28(16-15-21-34-31)38(22-4-2)35-26-29(32)17-9-6-10-18-29/h28,35-36H,3-27,32-33H2,1-2H3. The van der Waals surface area contributed by atoms with E-state index in [1.165, 1.54) is 64.2 Å². The van der Waals surface area contributed by atoms with E-state index in [0.717, 1.165) is 97.2 Å². The van der Waals surface area contributed by atoms with Gasteiger partial charge in [-0.1, -0.05) is 65.2 Å². The maximum Gasteiger partial charge on any atom is 0.174 e. The minimum atomic E-state index is -0.380. The van der Waals surface area contributed by atoms with Crippen LogP contribution in [0.5, 0.6) is 0 Å². The van der Waals surface area contributed by atoms with Gasteiger partial charge in [-0.2, -0.15) is 0 Å². The fraction of sp³-hybridized carbons (Fsp3) is 1.00. The summed E-state index contributed by atoms with van der Waals surface area (Å²) in [5.74, 6) is -0.380. The van der Waals surface area contributed by atoms with E-state index in [0.29, 0.717) is 0 Å². The minimum absolute atomic E-state index is 0.0864. The Kier molecular flexibility index (Phi) is 12.4. The molecule has 4 rings (SSSR count). The van der Waals surface area contributed by atoms with Crippen molar-refractivity contribution in [3.8, 4) is 0 Å². The number of nitrogens with zero attached hydrogens (tertiary/aromatic N) is 4. The molecule has 2 aliphatic carbocycles. The van der Waals surface area contributed by atoms with Crippen molar-refractivity contribution in [3.05, 3.63) is 0 Å². The van der Waals surface area contributed by atoms with Gasteiger partial charge < -0.3 is 11.5 Å². The number of rotatable bonds is 14. The molecule has 2 heterocycles. The molecule has 0 bridgehead atoms. The summed E-state index contributed by atoms with van der Waals surface area (Å²) in [7, 11) is 0. The third kappa shape index (κ3) is 8.16. The summed E-state index contributed by atoms with van der Waals surface area (Å²) in [5, 5.41) is 10.8. The fourth-order valence-electron chi connectivity index (χ4n) is 7.80. The van der Waals surface area contributed by atoms with Crippen LogP contribution in [-0.4, -0.2) is 83.6 Å². The minimum Gasteiger partial charge on any atom is -0.324 e. The summed E-state index contributed by atoms with van der Waals surface area (Å²) in [6.45, 7) is 11.5. The van der Waals surface area contributed by atoms with Crippen molar-refractivity contribution in [2.24, 2.45) is 11.5 Å². The molecule has 2 unspecified atom stereocenters. The number of nitrogens with one attached hydrogen (secondary N) is 2. The topological polar surface area (TPSA) is 99.9 Å². The Hall–Kier alpha value is -0.320. The molecule has 39 heavy (non-hydrogen) atoms. The van der Waals surface area contributed by atoms with Crippen molar-refractivity contribution in [2.45, 2.75) is 152 Å². The van der Waals surface area contributed by atoms with Crippen molar-refractivity contribution < 1.29 is 0 Å². The Balaban J connectivity index is 1.63. The molecule has 1 radical (unpaired) electrons. The Labute approximate surface area is 240 Å². The number of likely N-dealkylation sites (tertiary alicyclic amines) is 1. The molecule has 0 aromatic carbocycles. The van der Waals surface area contributed by atoms with Crippen LogP contribution in [0.15, 0.2) is 0 Å². The number of hydrazine groups is 2. The summed E-state index contributed by atoms with van der Waals surface area (Å²) in [4.78, 5) is 2.75. The number of piperidine rings is 2. The van der Waals surface area contributed by atoms with Crippen molar-refractivity contribution in [1.29, 1.82) is 0 Å². The van der Waals surface area contributed by atoms with Crippen molar-refractivity contribution >= 4 is 0 Å². The highest BCUT2D eigenvalue weighted by Crippen LogP contribution is 2.35. The first kappa shape index (κ1) is 31.6. The third-order valence-electron chi connectivity index (χ3n) is 10.2. The zero-order valence-electron chi connectivity index (χ0n) is 25.7. The van der Waals surface area contributed by atoms with E-state index in [4.69, 9.17) is 16.8 Å². The highest BCUT2D eigenvalue weighted by atomic mass is 15.7. The third-order valence-corrected chi connectivity index (χ3v) is 10.2. The summed E-state index contributed by atoms with van der Waals surface area (Å²) in [6.07, 6.45) is 21.8. The van der Waals surface area contributed by atoms with E-state index in [9.17, 15) is 0 Å². The smallest absolute Gasteiger partial charge is 0.174 e. The molecule has 0 amide bonds. The zero-order chi connectivity index (χ0) is 27.6. The van der Waals surface area contributed by atoms with Gasteiger partial charge in [0.25, 0.3) is 0 Å². The van der Waals surface area contributed by atoms with Crippen molar-refractivity contribution in [1.82, 2.24) is 31.1 Å². The van der Waals surface area contributed by atoms with E-state index in [-0.39, 0.29) is 22.9 Å². The molecule has 227 valence electrons. The quantitative estimate of drug-likeness (QED) is 0.244. The van der Waals surface area contributed by atoms with Gasteiger partial charge in [-0.25, -0.2) is 15.3 Å². The molecular weight excluding hydrogens is 484 g/mol. The molecule has 0 aromatic rings. The maximum absolute atomic E-state index is 7.00. The van der Waals surface area contributed by atoms with Gasteiger partial charge in [-0.3, -0.25) is 15.8 Å². The Morgan fingerprint density at radius 3 is 1.92 bits per heavy atom. The normalized spacial score (nSPS) is 30.2. The first-order valence-electron chi connectivity index (χ1n) is 17.0. The van der Waals surface area contributed by atoms with Crippen LogP contribution in [0.1, 0.15) is 129 Å². The molecule has 4 fully saturated rings. The lowest BCUT2D eigenvalue weighted by atomic mass is 9.82. The number of nitrogens with two attached hydrogens (primary N) is 2. The van der Waals surface area contributed by atoms with Crippen molar-refractivity contribution in [2.75, 3.05) is 45.8 Å². The number of hydrogen-bond donors (Lipinski definition) is 4. The maximum atomic E-state index is 7.00. The van der Waals surface area contributed by atoms with Crippen molar-refractivity contribution in [3.63, 3.8) is 0 Å². The first-order chi connectivity index (χ1) is 18.9. The molecule has 2 saturated carbocycles. The van der Waals surface area contributed by atoms with E-state index < -0.39 is 0 Å². The van der Waals surface area contributed by atoms with Gasteiger partial charge >= 0.3 is 0 Å². The van der Waals surface area contributed by atoms with E-state index in [1.807, 2.05) is 0 Å². The Bertz CT molecular complexity index is 686. The van der Waals surface area contributed by atoms with Crippen LogP contribution in [0.4, 0.5) is 0 Å². The molecule has 6 N–H and O–H groups in total. The molecule has 8 heteroatoms. The highest BCUT2D eigenvalue weighted by Gasteiger charge is 2.54. The van der Waals surface area contributed by atoms with E-state index in [2.05, 4.69) is 39.6 Å². The summed E-state index contributed by atoms with van der Waals surface area (Å²) in [5.41, 5.74) is 21.7. The van der Waals surface area contributed by atoms with Crippen LogP contribution >= 0.6 is 0 Å². The molecule has 0 spiro atoms. The van der Waals surface area contributed by atoms with Crippen LogP contribution < -0.4 is 27.6 Å². The number of hydrogen-bond acceptors (Lipinski definition) is 7. The Morgan fingerprint density at radius 1 is 0.744 bits per heavy atom. The summed E-state index contributed by atoms with van der Waals surface area (Å²) in [6, 6.07) is 0.279. The van der Waals surface area contributed by atoms with Gasteiger partial charge in [0.1, 0.15) is 0 Å². The zero-order valence-corrected chi connectivity index (χ0v) is 25.7. The largest absolute Gasteiger partial charge is 0.324 e. The second-order valence-electron chi connectivity index (χ2n) is 13.5. The van der Waals surface area contributed by atoms with Gasteiger partial charge in [-0.05, 0) is 64.2 Å². The number of unbranched alkanes of at least 4 members (excludes halogenated alkanes) is 1. The second-order valence-corrected chi connectivity index (χ2v) is 13.5. The molecule has 8 nitrogen and oxygen atoms in total. The average Bonchev–Trinajstić information content (AvgIpc) is 2.96. The fourth-order valence-corrected chi connectivity index (χ4v) is 7.80. The highest BCUT2D eigenvalue weighted by molar-refractivity contribution is 5.02. The lowest BCUT2D eigenvalue weighted by molar-refractivity contribution is -0.189. The molecule has 2 saturated heterocycles. The van der Waals surface area contributed by atoms with Crippen LogP contribution in [0.3, 0.4) is 0 Å². The molecule has 4 aliphatic rings. The van der Waals surface area contributed by atoms with Gasteiger partial charge in [-0.15, -0.1) is 0 Å². The van der Waals surface area contributed by atoms with Crippen LogP contribution in [0, 0.1) is 0 Å². The summed E-state index contributed by atoms with van der Waals surface area (Å²) < 4.78 is 0.